The molecule has 152 valence electrons. The Hall–Kier alpha value is -2.91. The van der Waals surface area contributed by atoms with Crippen molar-refractivity contribution in [2.75, 3.05) is 11.9 Å². The molecule has 0 bridgehead atoms. The lowest BCUT2D eigenvalue weighted by atomic mass is 10.2. The van der Waals surface area contributed by atoms with Crippen molar-refractivity contribution in [1.82, 2.24) is 4.72 Å². The summed E-state index contributed by atoms with van der Waals surface area (Å²) < 4.78 is 31.5. The molecule has 0 saturated heterocycles. The highest BCUT2D eigenvalue weighted by molar-refractivity contribution is 7.90. The Morgan fingerprint density at radius 1 is 1.21 bits per heavy atom. The molecule has 2 N–H and O–H groups in total. The van der Waals surface area contributed by atoms with Crippen molar-refractivity contribution in [3.8, 4) is 0 Å². The largest absolute Gasteiger partial charge is 0.454 e. The number of esters is 1. The fraction of sp³-hybridized carbons (Fsp3) is 0.211. The summed E-state index contributed by atoms with van der Waals surface area (Å²) >= 11 is 6.00. The van der Waals surface area contributed by atoms with E-state index in [9.17, 15) is 18.0 Å². The lowest BCUT2D eigenvalue weighted by Crippen LogP contribution is -2.29. The van der Waals surface area contributed by atoms with E-state index < -0.39 is 34.5 Å². The number of fused-ring (bicyclic) bond motifs is 1. The van der Waals surface area contributed by atoms with Crippen molar-refractivity contribution >= 4 is 45.0 Å². The van der Waals surface area contributed by atoms with Crippen LogP contribution in [0.1, 0.15) is 18.1 Å². The second-order valence-electron chi connectivity index (χ2n) is 6.32. The van der Waals surface area contributed by atoms with E-state index in [0.717, 1.165) is 0 Å². The van der Waals surface area contributed by atoms with Gasteiger partial charge in [-0.25, -0.2) is 13.2 Å². The van der Waals surface area contributed by atoms with Crippen LogP contribution in [0.2, 0.25) is 5.02 Å². The highest BCUT2D eigenvalue weighted by Crippen LogP contribution is 2.23. The molecular formula is C19H18ClN3O5S. The van der Waals surface area contributed by atoms with Crippen molar-refractivity contribution in [2.24, 2.45) is 4.99 Å². The van der Waals surface area contributed by atoms with Crippen LogP contribution >= 0.6 is 11.6 Å². The summed E-state index contributed by atoms with van der Waals surface area (Å²) in [5.74, 6) is -1.24. The first kappa shape index (κ1) is 20.8. The van der Waals surface area contributed by atoms with Gasteiger partial charge < -0.3 is 10.1 Å². The Morgan fingerprint density at radius 3 is 2.69 bits per heavy atom. The Bertz CT molecular complexity index is 1110. The van der Waals surface area contributed by atoms with Crippen LogP contribution in [0.15, 0.2) is 52.4 Å². The van der Waals surface area contributed by atoms with E-state index >= 15 is 0 Å². The van der Waals surface area contributed by atoms with E-state index in [1.165, 1.54) is 13.0 Å². The van der Waals surface area contributed by atoms with Crippen LogP contribution in [-0.2, 0) is 24.3 Å². The number of sulfonamides is 1. The number of rotatable bonds is 5. The van der Waals surface area contributed by atoms with Crippen LogP contribution in [0.5, 0.6) is 0 Å². The van der Waals surface area contributed by atoms with Crippen LogP contribution in [-0.4, -0.2) is 38.8 Å². The van der Waals surface area contributed by atoms with Crippen molar-refractivity contribution in [2.45, 2.75) is 24.8 Å². The molecule has 0 unspecified atom stereocenters. The van der Waals surface area contributed by atoms with Crippen LogP contribution in [0.25, 0.3) is 0 Å². The first-order chi connectivity index (χ1) is 13.7. The van der Waals surface area contributed by atoms with Gasteiger partial charge in [-0.15, -0.1) is 0 Å². The standard InChI is InChI=1S/C19H18ClN3O5S/c1-11-14(20)7-5-8-15(11)22-17(24)10-28-19(25)12(2)21-18-13-6-3-4-9-16(13)29(26,27)23-18/h3-9,12H,10H2,1-2H3,(H,21,23)(H,22,24)/t12-/m0/s1. The minimum Gasteiger partial charge on any atom is -0.454 e. The zero-order valence-corrected chi connectivity index (χ0v) is 17.2. The van der Waals surface area contributed by atoms with E-state index in [1.807, 2.05) is 0 Å². The van der Waals surface area contributed by atoms with Gasteiger partial charge in [0.1, 0.15) is 11.9 Å². The van der Waals surface area contributed by atoms with Gasteiger partial charge in [-0.2, -0.15) is 0 Å². The fourth-order valence-electron chi connectivity index (χ4n) is 2.66. The quantitative estimate of drug-likeness (QED) is 0.699. The van der Waals surface area contributed by atoms with Gasteiger partial charge in [-0.1, -0.05) is 29.8 Å². The van der Waals surface area contributed by atoms with Gasteiger partial charge in [-0.3, -0.25) is 14.5 Å². The molecule has 29 heavy (non-hydrogen) atoms. The van der Waals surface area contributed by atoms with Crippen molar-refractivity contribution < 1.29 is 22.7 Å². The summed E-state index contributed by atoms with van der Waals surface area (Å²) in [4.78, 5) is 28.4. The molecule has 1 amide bonds. The summed E-state index contributed by atoms with van der Waals surface area (Å²) in [5, 5.41) is 3.12. The number of halogens is 1. The molecule has 1 heterocycles. The summed E-state index contributed by atoms with van der Waals surface area (Å²) in [6.07, 6.45) is 0. The predicted molar refractivity (Wildman–Crippen MR) is 109 cm³/mol. The van der Waals surface area contributed by atoms with Gasteiger partial charge in [0.05, 0.1) is 4.90 Å². The molecule has 2 aromatic rings. The number of nitrogens with zero attached hydrogens (tertiary/aromatic N) is 1. The molecule has 0 radical (unpaired) electrons. The summed E-state index contributed by atoms with van der Waals surface area (Å²) in [6.45, 7) is 2.69. The summed E-state index contributed by atoms with van der Waals surface area (Å²) in [6, 6.07) is 10.4. The molecule has 10 heteroatoms. The average Bonchev–Trinajstić information content (AvgIpc) is 2.94. The maximum atomic E-state index is 12.2. The molecule has 1 atom stereocenters. The average molecular weight is 436 g/mol. The minimum atomic E-state index is -3.70. The number of amides is 1. The van der Waals surface area contributed by atoms with Crippen molar-refractivity contribution in [3.05, 3.63) is 58.6 Å². The number of ether oxygens (including phenoxy) is 1. The topological polar surface area (TPSA) is 114 Å². The first-order valence-electron chi connectivity index (χ1n) is 8.60. The van der Waals surface area contributed by atoms with Crippen LogP contribution in [0, 0.1) is 6.92 Å². The summed E-state index contributed by atoms with van der Waals surface area (Å²) in [7, 11) is -3.70. The van der Waals surface area contributed by atoms with Gasteiger partial charge in [0.2, 0.25) is 0 Å². The smallest absolute Gasteiger partial charge is 0.331 e. The number of hydrogen-bond donors (Lipinski definition) is 2. The molecule has 0 saturated carbocycles. The number of carbonyl (C=O) groups excluding carboxylic acids is 2. The summed E-state index contributed by atoms with van der Waals surface area (Å²) in [5.41, 5.74) is 1.59. The fourth-order valence-corrected chi connectivity index (χ4v) is 4.08. The van der Waals surface area contributed by atoms with Crippen LogP contribution < -0.4 is 10.0 Å². The third-order valence-electron chi connectivity index (χ3n) is 4.21. The molecule has 0 aromatic heterocycles. The Balaban J connectivity index is 1.62. The van der Waals surface area contributed by atoms with E-state index in [4.69, 9.17) is 16.3 Å². The highest BCUT2D eigenvalue weighted by Gasteiger charge is 2.31. The minimum absolute atomic E-state index is 0.0593. The van der Waals surface area contributed by atoms with Gasteiger partial charge >= 0.3 is 5.97 Å². The number of nitrogens with one attached hydrogen (secondary N) is 2. The molecule has 8 nitrogen and oxygen atoms in total. The third kappa shape index (κ3) is 4.57. The monoisotopic (exact) mass is 435 g/mol. The zero-order valence-electron chi connectivity index (χ0n) is 15.6. The molecule has 1 aliphatic rings. The van der Waals surface area contributed by atoms with E-state index in [1.54, 1.807) is 43.3 Å². The van der Waals surface area contributed by atoms with E-state index in [0.29, 0.717) is 21.8 Å². The molecule has 0 aliphatic carbocycles. The van der Waals surface area contributed by atoms with Gasteiger partial charge in [-0.05, 0) is 43.7 Å². The SMILES string of the molecule is Cc1c(Cl)cccc1NC(=O)COC(=O)[C@H](C)N=C1NS(=O)(=O)c2ccccc21. The number of hydrogen-bond acceptors (Lipinski definition) is 6. The molecular weight excluding hydrogens is 418 g/mol. The zero-order chi connectivity index (χ0) is 21.2. The molecule has 0 fully saturated rings. The maximum absolute atomic E-state index is 12.2. The lowest BCUT2D eigenvalue weighted by molar-refractivity contribution is -0.148. The Morgan fingerprint density at radius 2 is 1.93 bits per heavy atom. The molecule has 1 aliphatic heterocycles. The third-order valence-corrected chi connectivity index (χ3v) is 6.02. The van der Waals surface area contributed by atoms with Crippen LogP contribution in [0.4, 0.5) is 5.69 Å². The number of carbonyl (C=O) groups is 2. The second-order valence-corrected chi connectivity index (χ2v) is 8.38. The van der Waals surface area contributed by atoms with Gasteiger partial charge in [0.15, 0.2) is 6.61 Å². The second kappa shape index (κ2) is 8.22. The Labute approximate surface area is 173 Å². The maximum Gasteiger partial charge on any atom is 0.331 e. The molecule has 2 aromatic carbocycles. The number of benzene rings is 2. The van der Waals surface area contributed by atoms with Gasteiger partial charge in [0.25, 0.3) is 15.9 Å². The van der Waals surface area contributed by atoms with Gasteiger partial charge in [0, 0.05) is 16.3 Å². The van der Waals surface area contributed by atoms with E-state index in [-0.39, 0.29) is 10.7 Å². The Kier molecular flexibility index (Phi) is 5.90. The molecule has 0 spiro atoms. The lowest BCUT2D eigenvalue weighted by Gasteiger charge is -2.11. The highest BCUT2D eigenvalue weighted by atomic mass is 35.5. The number of aliphatic imine (C=N–C) groups is 1. The predicted octanol–water partition coefficient (Wildman–Crippen LogP) is 2.26. The first-order valence-corrected chi connectivity index (χ1v) is 10.5. The van der Waals surface area contributed by atoms with E-state index in [2.05, 4.69) is 15.0 Å². The van der Waals surface area contributed by atoms with Crippen LogP contribution in [0.3, 0.4) is 0 Å². The number of amidine groups is 1. The normalized spacial score (nSPS) is 16.6. The molecule has 3 rings (SSSR count). The van der Waals surface area contributed by atoms with Crippen molar-refractivity contribution in [3.63, 3.8) is 0 Å². The van der Waals surface area contributed by atoms with Crippen molar-refractivity contribution in [1.29, 1.82) is 0 Å². The number of anilines is 1.